The highest BCUT2D eigenvalue weighted by Gasteiger charge is 2.23. The second-order valence-corrected chi connectivity index (χ2v) is 20.3. The van der Waals surface area contributed by atoms with Crippen LogP contribution in [0.1, 0.15) is 56.8 Å². The van der Waals surface area contributed by atoms with Gasteiger partial charge in [0.15, 0.2) is 0 Å². The molecule has 5 aromatic carbocycles. The molecule has 2 aromatic heterocycles. The standard InChI is InChI=1S/C62H61ClN10O6/c1-70(2)44-25-28-48-54(35-44)79-55-36-45(71(3)4)26-29-49(55)57(48)50-33-40(22-27-47(50)61(77)78)60(76)73(6)32-12-8-7-11-30-72(5)31-14-19-56(74)66-41-23-20-39(21-24-41)59(75)67-42-15-13-16-43(34-42)68-62-65-38-52(63)58(69-62)51-37-64-53-18-10-9-17-46(51)53/h9-10,13-29,33-38H,7-8,11-12,30-32H2,1-6H3,(H4-,64,65,66,67,68,69,74,75,77,78)/b19-14+. The molecule has 0 bridgehead atoms. The van der Waals surface area contributed by atoms with Crippen molar-refractivity contribution in [3.63, 3.8) is 0 Å². The number of carbonyl (C=O) groups is 4. The first-order valence-electron chi connectivity index (χ1n) is 25.9. The number of hydrogen-bond donors (Lipinski definition) is 4. The van der Waals surface area contributed by atoms with E-state index in [0.29, 0.717) is 91.4 Å². The lowest BCUT2D eigenvalue weighted by atomic mass is 9.89. The second-order valence-electron chi connectivity index (χ2n) is 19.8. The molecular formula is C62H61ClN10O6. The lowest BCUT2D eigenvalue weighted by molar-refractivity contribution is -0.255. The van der Waals surface area contributed by atoms with Gasteiger partial charge in [-0.05, 0) is 111 Å². The summed E-state index contributed by atoms with van der Waals surface area (Å²) in [4.78, 5) is 70.6. The van der Waals surface area contributed by atoms with Gasteiger partial charge in [0.2, 0.25) is 17.2 Å². The maximum absolute atomic E-state index is 13.9. The summed E-state index contributed by atoms with van der Waals surface area (Å²) < 4.78 is 8.42. The zero-order chi connectivity index (χ0) is 55.7. The minimum absolute atomic E-state index is 0.0185. The number of carboxylic acids is 1. The highest BCUT2D eigenvalue weighted by atomic mass is 35.5. The van der Waals surface area contributed by atoms with E-state index in [1.165, 1.54) is 12.1 Å². The Labute approximate surface area is 463 Å². The molecule has 7 aromatic rings. The van der Waals surface area contributed by atoms with Crippen molar-refractivity contribution in [1.29, 1.82) is 0 Å². The lowest BCUT2D eigenvalue weighted by Gasteiger charge is -2.22. The largest absolute Gasteiger partial charge is 0.545 e. The number of unbranched alkanes of at least 4 members (excludes halogenated alkanes) is 3. The predicted octanol–water partition coefficient (Wildman–Crippen LogP) is 10.0. The molecular weight excluding hydrogens is 1020 g/mol. The average molecular weight is 1080 g/mol. The number of aromatic nitrogens is 3. The van der Waals surface area contributed by atoms with Crippen molar-refractivity contribution in [3.8, 4) is 33.7 Å². The number of nitrogens with zero attached hydrogens (tertiary/aromatic N) is 6. The van der Waals surface area contributed by atoms with Gasteiger partial charge in [-0.2, -0.15) is 0 Å². The first kappa shape index (κ1) is 54.7. The molecule has 0 saturated heterocycles. The van der Waals surface area contributed by atoms with E-state index in [2.05, 4.69) is 30.8 Å². The van der Waals surface area contributed by atoms with Crippen molar-refractivity contribution in [2.24, 2.45) is 0 Å². The smallest absolute Gasteiger partial charge is 0.255 e. The summed E-state index contributed by atoms with van der Waals surface area (Å²) in [5.74, 6) is -1.23. The number of aromatic amines is 1. The quantitative estimate of drug-likeness (QED) is 0.0246. The first-order valence-corrected chi connectivity index (χ1v) is 26.3. The van der Waals surface area contributed by atoms with Gasteiger partial charge in [-0.15, -0.1) is 0 Å². The zero-order valence-corrected chi connectivity index (χ0v) is 45.7. The number of carboxylic acid groups (broad SMARTS) is 1. The number of para-hydroxylation sites is 1. The van der Waals surface area contributed by atoms with Crippen LogP contribution in [0.15, 0.2) is 156 Å². The molecule has 402 valence electrons. The summed E-state index contributed by atoms with van der Waals surface area (Å²) in [6, 6.07) is 38.1. The van der Waals surface area contributed by atoms with Crippen LogP contribution in [0.4, 0.5) is 28.7 Å². The fourth-order valence-corrected chi connectivity index (χ4v) is 9.59. The van der Waals surface area contributed by atoms with Gasteiger partial charge in [0.1, 0.15) is 25.4 Å². The van der Waals surface area contributed by atoms with Gasteiger partial charge in [0.25, 0.3) is 11.8 Å². The van der Waals surface area contributed by atoms with Crippen LogP contribution < -0.4 is 35.9 Å². The number of anilines is 5. The van der Waals surface area contributed by atoms with Gasteiger partial charge < -0.3 is 50.0 Å². The third-order valence-corrected chi connectivity index (χ3v) is 14.0. The third-order valence-electron chi connectivity index (χ3n) is 13.7. The van der Waals surface area contributed by atoms with Crippen LogP contribution in [0.3, 0.4) is 0 Å². The maximum Gasteiger partial charge on any atom is 0.255 e. The molecule has 0 radical (unpaired) electrons. The molecule has 0 fully saturated rings. The number of halogens is 1. The number of hydrogen-bond acceptors (Lipinski definition) is 11. The summed E-state index contributed by atoms with van der Waals surface area (Å²) in [5, 5.41) is 24.7. The maximum atomic E-state index is 13.9. The summed E-state index contributed by atoms with van der Waals surface area (Å²) in [5.41, 5.74) is 8.21. The molecule has 3 amide bonds. The van der Waals surface area contributed by atoms with Crippen molar-refractivity contribution in [1.82, 2.24) is 29.3 Å². The van der Waals surface area contributed by atoms with Crippen LogP contribution in [0, 0.1) is 0 Å². The van der Waals surface area contributed by atoms with Crippen LogP contribution in [0.2, 0.25) is 5.02 Å². The predicted molar refractivity (Wildman–Crippen MR) is 313 cm³/mol. The Kier molecular flexibility index (Phi) is 16.9. The molecule has 79 heavy (non-hydrogen) atoms. The van der Waals surface area contributed by atoms with E-state index in [1.807, 2.05) is 130 Å². The Hall–Kier alpha value is -9.12. The van der Waals surface area contributed by atoms with E-state index in [-0.39, 0.29) is 23.3 Å². The van der Waals surface area contributed by atoms with E-state index in [9.17, 15) is 24.3 Å². The number of amides is 3. The molecule has 9 rings (SSSR count). The molecule has 0 spiro atoms. The Balaban J connectivity index is 0.713. The normalized spacial score (nSPS) is 11.4. The van der Waals surface area contributed by atoms with Gasteiger partial charge in [-0.25, -0.2) is 14.5 Å². The summed E-state index contributed by atoms with van der Waals surface area (Å²) in [7, 11) is 11.5. The minimum atomic E-state index is -1.34. The highest BCUT2D eigenvalue weighted by Crippen LogP contribution is 2.42. The molecule has 0 saturated carbocycles. The van der Waals surface area contributed by atoms with Crippen LogP contribution in [0.5, 0.6) is 0 Å². The number of benzene rings is 6. The van der Waals surface area contributed by atoms with E-state index in [0.717, 1.165) is 59.7 Å². The molecule has 0 unspecified atom stereocenters. The Morgan fingerprint density at radius 1 is 0.734 bits per heavy atom. The van der Waals surface area contributed by atoms with Gasteiger partial charge in [0, 0.05) is 131 Å². The highest BCUT2D eigenvalue weighted by molar-refractivity contribution is 6.33. The van der Waals surface area contributed by atoms with Gasteiger partial charge >= 0.3 is 0 Å². The minimum Gasteiger partial charge on any atom is -0.545 e. The van der Waals surface area contributed by atoms with Crippen molar-refractivity contribution < 1.29 is 28.7 Å². The Morgan fingerprint density at radius 3 is 2.27 bits per heavy atom. The van der Waals surface area contributed by atoms with Crippen LogP contribution in [-0.4, -0.2) is 110 Å². The SMILES string of the molecule is CN(C/C=C/C(=O)Nc1ccc(C(=O)Nc2cccc(Nc3ncc(Cl)c(-c4c[nH]c5ccccc45)n3)c2)cc1)CCCCCCN(C)C(=O)c1ccc(C(=O)[O-])c(-c2c3ccc(=[N+](C)C)cc-3oc3cc(N(C)C)ccc23)c1. The van der Waals surface area contributed by atoms with Gasteiger partial charge in [-0.1, -0.05) is 60.9 Å². The van der Waals surface area contributed by atoms with Gasteiger partial charge in [-0.3, -0.25) is 14.4 Å². The number of rotatable bonds is 20. The molecule has 4 N–H and O–H groups in total. The fourth-order valence-electron chi connectivity index (χ4n) is 9.39. The second kappa shape index (κ2) is 24.5. The number of fused-ring (bicyclic) bond motifs is 3. The number of H-pyrrole nitrogens is 1. The van der Waals surface area contributed by atoms with Crippen molar-refractivity contribution >= 4 is 85.9 Å². The first-order chi connectivity index (χ1) is 38.1. The summed E-state index contributed by atoms with van der Waals surface area (Å²) in [6.45, 7) is 1.93. The molecule has 17 heteroatoms. The number of likely N-dealkylation sites (N-methyl/N-ethyl adjacent to an activating group) is 1. The number of aromatic carboxylic acids is 1. The summed E-state index contributed by atoms with van der Waals surface area (Å²) in [6.07, 6.45) is 10.3. The van der Waals surface area contributed by atoms with Gasteiger partial charge in [0.05, 0.1) is 28.9 Å². The Morgan fingerprint density at radius 2 is 1.49 bits per heavy atom. The van der Waals surface area contributed by atoms with Crippen molar-refractivity contribution in [2.45, 2.75) is 25.7 Å². The number of nitrogens with one attached hydrogen (secondary N) is 4. The molecule has 3 heterocycles. The molecule has 1 aliphatic carbocycles. The monoisotopic (exact) mass is 1080 g/mol. The molecule has 1 aliphatic heterocycles. The topological polar surface area (TPSA) is 195 Å². The molecule has 16 nitrogen and oxygen atoms in total. The van der Waals surface area contributed by atoms with E-state index >= 15 is 0 Å². The molecule has 2 aliphatic rings. The van der Waals surface area contributed by atoms with Crippen LogP contribution >= 0.6 is 11.6 Å². The van der Waals surface area contributed by atoms with Crippen LogP contribution in [0.25, 0.3) is 55.6 Å². The van der Waals surface area contributed by atoms with Crippen molar-refractivity contribution in [3.05, 3.63) is 179 Å². The van der Waals surface area contributed by atoms with E-state index < -0.39 is 5.97 Å². The third kappa shape index (κ3) is 13.0. The number of carbonyl (C=O) groups excluding carboxylic acids is 4. The Bertz CT molecular complexity index is 3810. The van der Waals surface area contributed by atoms with E-state index in [4.69, 9.17) is 21.0 Å². The summed E-state index contributed by atoms with van der Waals surface area (Å²) >= 11 is 6.53. The molecule has 0 atom stereocenters. The zero-order valence-electron chi connectivity index (χ0n) is 44.9. The lowest BCUT2D eigenvalue weighted by Crippen LogP contribution is -2.28. The van der Waals surface area contributed by atoms with E-state index in [1.54, 1.807) is 66.7 Å². The van der Waals surface area contributed by atoms with Crippen molar-refractivity contribution in [2.75, 3.05) is 82.8 Å². The average Bonchev–Trinajstić information content (AvgIpc) is 4.05. The fraction of sp³-hybridized carbons (Fsp3) is 0.210. The van der Waals surface area contributed by atoms with Crippen LogP contribution in [-0.2, 0) is 4.79 Å².